The number of carbonyl (C=O) groups is 1. The van der Waals surface area contributed by atoms with Crippen molar-refractivity contribution in [3.8, 4) is 0 Å². The van der Waals surface area contributed by atoms with Crippen LogP contribution < -0.4 is 0 Å². The van der Waals surface area contributed by atoms with Gasteiger partial charge in [-0.2, -0.15) is 0 Å². The highest BCUT2D eigenvalue weighted by atomic mass is 35.5. The molecule has 0 aliphatic carbocycles. The molecule has 0 spiro atoms. The zero-order valence-corrected chi connectivity index (χ0v) is 7.43. The summed E-state index contributed by atoms with van der Waals surface area (Å²) in [6, 6.07) is 4.59. The van der Waals surface area contributed by atoms with Gasteiger partial charge in [0.2, 0.25) is 0 Å². The average Bonchev–Trinajstić information content (AvgIpc) is 2.17. The van der Waals surface area contributed by atoms with Crippen molar-refractivity contribution < 1.29 is 4.79 Å². The van der Waals surface area contributed by atoms with Crippen molar-refractivity contribution in [1.29, 1.82) is 10.8 Å². The molecule has 3 nitrogen and oxygen atoms in total. The van der Waals surface area contributed by atoms with E-state index in [1.807, 2.05) is 0 Å². The van der Waals surface area contributed by atoms with Crippen LogP contribution in [0.2, 0.25) is 5.02 Å². The Morgan fingerprint density at radius 2 is 2.15 bits per heavy atom. The summed E-state index contributed by atoms with van der Waals surface area (Å²) in [5.74, 6) is 0. The first kappa shape index (κ1) is 9.61. The molecule has 0 amide bonds. The molecule has 66 valence electrons. The van der Waals surface area contributed by atoms with E-state index in [1.165, 1.54) is 6.07 Å². The number of aldehydes is 1. The van der Waals surface area contributed by atoms with E-state index in [2.05, 4.69) is 0 Å². The summed E-state index contributed by atoms with van der Waals surface area (Å²) >= 11 is 5.77. The van der Waals surface area contributed by atoms with E-state index in [4.69, 9.17) is 22.4 Å². The van der Waals surface area contributed by atoms with E-state index in [0.29, 0.717) is 22.4 Å². The van der Waals surface area contributed by atoms with Crippen molar-refractivity contribution >= 4 is 29.8 Å². The minimum Gasteiger partial charge on any atom is -0.307 e. The molecule has 0 bridgehead atoms. The Balaban J connectivity index is 3.25. The third-order valence-corrected chi connectivity index (χ3v) is 1.89. The maximum atomic E-state index is 10.4. The Bertz CT molecular complexity index is 374. The number of hydrogen-bond acceptors (Lipinski definition) is 3. The van der Waals surface area contributed by atoms with Gasteiger partial charge in [0.25, 0.3) is 0 Å². The van der Waals surface area contributed by atoms with E-state index in [0.717, 1.165) is 6.21 Å². The first-order valence-electron chi connectivity index (χ1n) is 3.53. The number of carbonyl (C=O) groups excluding carboxylic acids is 1. The third kappa shape index (κ3) is 2.00. The molecule has 0 atom stereocenters. The molecule has 0 aromatic heterocycles. The lowest BCUT2D eigenvalue weighted by Crippen LogP contribution is -2.01. The predicted octanol–water partition coefficient (Wildman–Crippen LogP) is 2.17. The molecule has 0 unspecified atom stereocenters. The summed E-state index contributed by atoms with van der Waals surface area (Å²) in [5.41, 5.74) is 0.848. The summed E-state index contributed by atoms with van der Waals surface area (Å²) in [6.07, 6.45) is 1.56. The van der Waals surface area contributed by atoms with Gasteiger partial charge in [0, 0.05) is 17.3 Å². The Morgan fingerprint density at radius 3 is 2.69 bits per heavy atom. The van der Waals surface area contributed by atoms with Crippen LogP contribution in [-0.4, -0.2) is 18.2 Å². The van der Waals surface area contributed by atoms with Crippen molar-refractivity contribution in [1.82, 2.24) is 0 Å². The van der Waals surface area contributed by atoms with Crippen LogP contribution >= 0.6 is 11.6 Å². The highest BCUT2D eigenvalue weighted by Gasteiger charge is 2.04. The molecule has 0 radical (unpaired) electrons. The molecule has 0 heterocycles. The van der Waals surface area contributed by atoms with E-state index in [1.54, 1.807) is 12.1 Å². The lowest BCUT2D eigenvalue weighted by atomic mass is 10.1. The summed E-state index contributed by atoms with van der Waals surface area (Å²) in [6.45, 7) is 0. The van der Waals surface area contributed by atoms with Crippen LogP contribution in [0.5, 0.6) is 0 Å². The zero-order chi connectivity index (χ0) is 9.84. The first-order chi connectivity index (χ1) is 6.19. The quantitative estimate of drug-likeness (QED) is 0.562. The lowest BCUT2D eigenvalue weighted by molar-refractivity contribution is 0.112. The summed E-state index contributed by atoms with van der Waals surface area (Å²) in [4.78, 5) is 10.4. The molecule has 4 heteroatoms. The van der Waals surface area contributed by atoms with Crippen molar-refractivity contribution in [2.45, 2.75) is 0 Å². The second-order valence-corrected chi connectivity index (χ2v) is 2.82. The van der Waals surface area contributed by atoms with E-state index < -0.39 is 0 Å². The third-order valence-electron chi connectivity index (χ3n) is 1.56. The van der Waals surface area contributed by atoms with Crippen LogP contribution in [0.3, 0.4) is 0 Å². The van der Waals surface area contributed by atoms with Gasteiger partial charge >= 0.3 is 0 Å². The van der Waals surface area contributed by atoms with E-state index in [-0.39, 0.29) is 5.71 Å². The molecular formula is C9H7ClN2O. The Morgan fingerprint density at radius 1 is 1.46 bits per heavy atom. The van der Waals surface area contributed by atoms with Gasteiger partial charge in [0.05, 0.1) is 10.7 Å². The minimum atomic E-state index is -0.00583. The summed E-state index contributed by atoms with van der Waals surface area (Å²) in [5, 5.41) is 14.6. The average molecular weight is 195 g/mol. The van der Waals surface area contributed by atoms with Gasteiger partial charge in [-0.1, -0.05) is 17.7 Å². The zero-order valence-electron chi connectivity index (χ0n) is 6.67. The van der Waals surface area contributed by atoms with Gasteiger partial charge in [0.15, 0.2) is 0 Å². The van der Waals surface area contributed by atoms with Gasteiger partial charge in [-0.15, -0.1) is 0 Å². The first-order valence-corrected chi connectivity index (χ1v) is 3.91. The molecule has 0 saturated carbocycles. The van der Waals surface area contributed by atoms with Gasteiger partial charge in [-0.05, 0) is 12.1 Å². The predicted molar refractivity (Wildman–Crippen MR) is 52.5 cm³/mol. The molecule has 13 heavy (non-hydrogen) atoms. The molecule has 1 aromatic rings. The monoisotopic (exact) mass is 194 g/mol. The smallest absolute Gasteiger partial charge is 0.150 e. The summed E-state index contributed by atoms with van der Waals surface area (Å²) < 4.78 is 0. The number of hydrogen-bond donors (Lipinski definition) is 2. The Hall–Kier alpha value is -1.48. The second kappa shape index (κ2) is 3.96. The van der Waals surface area contributed by atoms with Crippen LogP contribution in [0.4, 0.5) is 0 Å². The van der Waals surface area contributed by atoms with Crippen molar-refractivity contribution in [2.75, 3.05) is 0 Å². The van der Waals surface area contributed by atoms with Crippen molar-refractivity contribution in [3.63, 3.8) is 0 Å². The van der Waals surface area contributed by atoms with Crippen LogP contribution in [0.1, 0.15) is 15.9 Å². The van der Waals surface area contributed by atoms with Crippen LogP contribution in [0, 0.1) is 10.8 Å². The SMILES string of the molecule is N=CC(=N)c1cc(C=O)ccc1Cl. The molecule has 0 aliphatic heterocycles. The fourth-order valence-electron chi connectivity index (χ4n) is 0.900. The van der Waals surface area contributed by atoms with Crippen molar-refractivity contribution in [2.24, 2.45) is 0 Å². The minimum absolute atomic E-state index is 0.00583. The largest absolute Gasteiger partial charge is 0.307 e. The fourth-order valence-corrected chi connectivity index (χ4v) is 1.12. The standard InChI is InChI=1S/C9H7ClN2O/c10-8-2-1-6(5-13)3-7(8)9(12)4-11/h1-5,11-12H. The van der Waals surface area contributed by atoms with Crippen LogP contribution in [-0.2, 0) is 0 Å². The van der Waals surface area contributed by atoms with Gasteiger partial charge < -0.3 is 5.41 Å². The molecule has 0 saturated heterocycles. The number of benzene rings is 1. The highest BCUT2D eigenvalue weighted by Crippen LogP contribution is 2.16. The molecule has 2 N–H and O–H groups in total. The lowest BCUT2D eigenvalue weighted by Gasteiger charge is -2.01. The Kier molecular flexibility index (Phi) is 2.93. The van der Waals surface area contributed by atoms with E-state index in [9.17, 15) is 4.79 Å². The fraction of sp³-hybridized carbons (Fsp3) is 0. The Labute approximate surface area is 80.4 Å². The van der Waals surface area contributed by atoms with Crippen LogP contribution in [0.25, 0.3) is 0 Å². The topological polar surface area (TPSA) is 64.8 Å². The number of rotatable bonds is 3. The normalized spacial score (nSPS) is 9.31. The van der Waals surface area contributed by atoms with Crippen molar-refractivity contribution in [3.05, 3.63) is 34.3 Å². The molecule has 0 fully saturated rings. The molecule has 1 rings (SSSR count). The number of halogens is 1. The highest BCUT2D eigenvalue weighted by molar-refractivity contribution is 6.42. The molecule has 1 aromatic carbocycles. The summed E-state index contributed by atoms with van der Waals surface area (Å²) in [7, 11) is 0. The second-order valence-electron chi connectivity index (χ2n) is 2.42. The van der Waals surface area contributed by atoms with E-state index >= 15 is 0 Å². The maximum absolute atomic E-state index is 10.4. The molecule has 0 aliphatic rings. The van der Waals surface area contributed by atoms with Gasteiger partial charge in [-0.25, -0.2) is 0 Å². The van der Waals surface area contributed by atoms with Gasteiger partial charge in [-0.3, -0.25) is 10.2 Å². The van der Waals surface area contributed by atoms with Gasteiger partial charge in [0.1, 0.15) is 6.29 Å². The maximum Gasteiger partial charge on any atom is 0.150 e. The number of nitrogens with one attached hydrogen (secondary N) is 2. The van der Waals surface area contributed by atoms with Crippen LogP contribution in [0.15, 0.2) is 18.2 Å². The molecular weight excluding hydrogens is 188 g/mol.